The molecule has 0 aliphatic heterocycles. The second kappa shape index (κ2) is 4.73. The first-order valence-corrected chi connectivity index (χ1v) is 4.65. The lowest BCUT2D eigenvalue weighted by molar-refractivity contribution is 0.136. The van der Waals surface area contributed by atoms with E-state index in [4.69, 9.17) is 4.74 Å². The SMILES string of the molecule is CCCOCCNC1CC1C. The Labute approximate surface area is 69.3 Å². The number of hydrogen-bond donors (Lipinski definition) is 1. The summed E-state index contributed by atoms with van der Waals surface area (Å²) in [5.74, 6) is 0.904. The Kier molecular flexibility index (Phi) is 3.87. The summed E-state index contributed by atoms with van der Waals surface area (Å²) in [7, 11) is 0. The minimum atomic E-state index is 0.792. The fourth-order valence-corrected chi connectivity index (χ4v) is 1.17. The van der Waals surface area contributed by atoms with E-state index in [0.29, 0.717) is 0 Å². The summed E-state index contributed by atoms with van der Waals surface area (Å²) in [5.41, 5.74) is 0. The van der Waals surface area contributed by atoms with Crippen LogP contribution in [-0.4, -0.2) is 25.8 Å². The summed E-state index contributed by atoms with van der Waals surface area (Å²) in [6.45, 7) is 7.22. The lowest BCUT2D eigenvalue weighted by atomic mass is 10.5. The van der Waals surface area contributed by atoms with Crippen molar-refractivity contribution in [1.29, 1.82) is 0 Å². The van der Waals surface area contributed by atoms with Gasteiger partial charge in [-0.05, 0) is 18.8 Å². The van der Waals surface area contributed by atoms with E-state index in [9.17, 15) is 0 Å². The van der Waals surface area contributed by atoms with Crippen molar-refractivity contribution in [1.82, 2.24) is 5.32 Å². The van der Waals surface area contributed by atoms with Crippen molar-refractivity contribution in [3.8, 4) is 0 Å². The Morgan fingerprint density at radius 1 is 1.45 bits per heavy atom. The molecule has 0 saturated heterocycles. The van der Waals surface area contributed by atoms with Crippen LogP contribution in [0.5, 0.6) is 0 Å². The highest BCUT2D eigenvalue weighted by Crippen LogP contribution is 2.28. The van der Waals surface area contributed by atoms with Crippen LogP contribution in [0, 0.1) is 5.92 Å². The first-order valence-electron chi connectivity index (χ1n) is 4.65. The molecule has 1 saturated carbocycles. The van der Waals surface area contributed by atoms with Crippen LogP contribution in [0.25, 0.3) is 0 Å². The van der Waals surface area contributed by atoms with Crippen LogP contribution in [0.3, 0.4) is 0 Å². The van der Waals surface area contributed by atoms with E-state index in [-0.39, 0.29) is 0 Å². The molecule has 1 aliphatic rings. The summed E-state index contributed by atoms with van der Waals surface area (Å²) < 4.78 is 5.33. The summed E-state index contributed by atoms with van der Waals surface area (Å²) >= 11 is 0. The van der Waals surface area contributed by atoms with Crippen LogP contribution in [0.1, 0.15) is 26.7 Å². The molecule has 0 bridgehead atoms. The average Bonchev–Trinajstić information content (AvgIpc) is 2.67. The van der Waals surface area contributed by atoms with Crippen molar-refractivity contribution in [2.75, 3.05) is 19.8 Å². The van der Waals surface area contributed by atoms with Gasteiger partial charge in [0.2, 0.25) is 0 Å². The standard InChI is InChI=1S/C9H19NO/c1-3-5-11-6-4-10-9-7-8(9)2/h8-10H,3-7H2,1-2H3. The molecule has 0 spiro atoms. The number of nitrogens with one attached hydrogen (secondary N) is 1. The van der Waals surface area contributed by atoms with E-state index >= 15 is 0 Å². The lowest BCUT2D eigenvalue weighted by Gasteiger charge is -2.03. The normalized spacial score (nSPS) is 28.9. The molecule has 11 heavy (non-hydrogen) atoms. The maximum atomic E-state index is 5.33. The molecule has 2 unspecified atom stereocenters. The maximum absolute atomic E-state index is 5.33. The maximum Gasteiger partial charge on any atom is 0.0590 e. The topological polar surface area (TPSA) is 21.3 Å². The highest BCUT2D eigenvalue weighted by molar-refractivity contribution is 4.89. The van der Waals surface area contributed by atoms with E-state index < -0.39 is 0 Å². The predicted molar refractivity (Wildman–Crippen MR) is 46.7 cm³/mol. The van der Waals surface area contributed by atoms with Crippen molar-refractivity contribution < 1.29 is 4.74 Å². The van der Waals surface area contributed by atoms with Gasteiger partial charge in [0.05, 0.1) is 6.61 Å². The molecule has 66 valence electrons. The van der Waals surface area contributed by atoms with Crippen LogP contribution in [-0.2, 0) is 4.74 Å². The van der Waals surface area contributed by atoms with Gasteiger partial charge in [-0.25, -0.2) is 0 Å². The van der Waals surface area contributed by atoms with Crippen LogP contribution in [0.2, 0.25) is 0 Å². The molecule has 1 fully saturated rings. The molecular weight excluding hydrogens is 138 g/mol. The first-order chi connectivity index (χ1) is 5.34. The third-order valence-electron chi connectivity index (χ3n) is 2.11. The minimum absolute atomic E-state index is 0.792. The molecule has 2 atom stereocenters. The molecular formula is C9H19NO. The van der Waals surface area contributed by atoms with Crippen molar-refractivity contribution in [3.63, 3.8) is 0 Å². The van der Waals surface area contributed by atoms with Crippen molar-refractivity contribution in [2.24, 2.45) is 5.92 Å². The Morgan fingerprint density at radius 2 is 2.18 bits per heavy atom. The van der Waals surface area contributed by atoms with Crippen LogP contribution in [0.15, 0.2) is 0 Å². The Hall–Kier alpha value is -0.0800. The highest BCUT2D eigenvalue weighted by Gasteiger charge is 2.31. The van der Waals surface area contributed by atoms with Gasteiger partial charge >= 0.3 is 0 Å². The molecule has 2 heteroatoms. The average molecular weight is 157 g/mol. The third kappa shape index (κ3) is 3.73. The molecule has 0 aromatic heterocycles. The summed E-state index contributed by atoms with van der Waals surface area (Å²) in [6.07, 6.45) is 2.48. The number of rotatable bonds is 6. The van der Waals surface area contributed by atoms with Crippen molar-refractivity contribution in [2.45, 2.75) is 32.7 Å². The van der Waals surface area contributed by atoms with E-state index in [0.717, 1.165) is 38.1 Å². The Morgan fingerprint density at radius 3 is 2.73 bits per heavy atom. The van der Waals surface area contributed by atoms with E-state index in [1.54, 1.807) is 0 Å². The first kappa shape index (κ1) is 9.01. The van der Waals surface area contributed by atoms with E-state index in [1.165, 1.54) is 6.42 Å². The summed E-state index contributed by atoms with van der Waals surface area (Å²) in [4.78, 5) is 0. The van der Waals surface area contributed by atoms with Crippen molar-refractivity contribution in [3.05, 3.63) is 0 Å². The third-order valence-corrected chi connectivity index (χ3v) is 2.11. The summed E-state index contributed by atoms with van der Waals surface area (Å²) in [5, 5.41) is 3.44. The van der Waals surface area contributed by atoms with Gasteiger partial charge in [0, 0.05) is 19.2 Å². The van der Waals surface area contributed by atoms with Gasteiger partial charge < -0.3 is 10.1 Å². The monoisotopic (exact) mass is 157 g/mol. The smallest absolute Gasteiger partial charge is 0.0590 e. The van der Waals surface area contributed by atoms with Gasteiger partial charge in [0.1, 0.15) is 0 Å². The zero-order valence-electron chi connectivity index (χ0n) is 7.60. The molecule has 1 N–H and O–H groups in total. The predicted octanol–water partition coefficient (Wildman–Crippen LogP) is 1.41. The largest absolute Gasteiger partial charge is 0.380 e. The van der Waals surface area contributed by atoms with E-state index in [1.807, 2.05) is 0 Å². The Bertz CT molecular complexity index is 106. The fourth-order valence-electron chi connectivity index (χ4n) is 1.17. The molecule has 0 amide bonds. The number of ether oxygens (including phenoxy) is 1. The van der Waals surface area contributed by atoms with Gasteiger partial charge in [0.25, 0.3) is 0 Å². The molecule has 0 aromatic carbocycles. The number of hydrogen-bond acceptors (Lipinski definition) is 2. The van der Waals surface area contributed by atoms with Gasteiger partial charge in [-0.2, -0.15) is 0 Å². The molecule has 2 nitrogen and oxygen atoms in total. The van der Waals surface area contributed by atoms with E-state index in [2.05, 4.69) is 19.2 Å². The van der Waals surface area contributed by atoms with Gasteiger partial charge in [-0.1, -0.05) is 13.8 Å². The quantitative estimate of drug-likeness (QED) is 0.589. The van der Waals surface area contributed by atoms with Crippen molar-refractivity contribution >= 4 is 0 Å². The molecule has 0 aromatic rings. The van der Waals surface area contributed by atoms with Gasteiger partial charge in [-0.15, -0.1) is 0 Å². The molecule has 1 rings (SSSR count). The minimum Gasteiger partial charge on any atom is -0.380 e. The van der Waals surface area contributed by atoms with Crippen LogP contribution < -0.4 is 5.32 Å². The zero-order valence-corrected chi connectivity index (χ0v) is 7.60. The molecule has 0 heterocycles. The van der Waals surface area contributed by atoms with Crippen LogP contribution >= 0.6 is 0 Å². The molecule has 1 aliphatic carbocycles. The van der Waals surface area contributed by atoms with Crippen LogP contribution in [0.4, 0.5) is 0 Å². The Balaban J connectivity index is 1.74. The lowest BCUT2D eigenvalue weighted by Crippen LogP contribution is -2.22. The van der Waals surface area contributed by atoms with Gasteiger partial charge in [-0.3, -0.25) is 0 Å². The second-order valence-electron chi connectivity index (χ2n) is 3.39. The summed E-state index contributed by atoms with van der Waals surface area (Å²) in [6, 6.07) is 0.792. The highest BCUT2D eigenvalue weighted by atomic mass is 16.5. The van der Waals surface area contributed by atoms with Gasteiger partial charge in [0.15, 0.2) is 0 Å². The zero-order chi connectivity index (χ0) is 8.10. The fraction of sp³-hybridized carbons (Fsp3) is 1.00. The second-order valence-corrected chi connectivity index (χ2v) is 3.39. The molecule has 0 radical (unpaired) electrons.